The maximum Gasteiger partial charge on any atom is 0.394 e. The van der Waals surface area contributed by atoms with E-state index in [0.29, 0.717) is 13.1 Å². The third kappa shape index (κ3) is 19.1. The fourth-order valence-corrected chi connectivity index (χ4v) is 1.47. The Balaban J connectivity index is 0. The molecule has 0 spiro atoms. The number of anilines is 1. The first-order valence-corrected chi connectivity index (χ1v) is 8.30. The molecule has 0 aliphatic carbocycles. The van der Waals surface area contributed by atoms with Crippen LogP contribution in [0.15, 0.2) is 30.3 Å². The van der Waals surface area contributed by atoms with E-state index in [4.69, 9.17) is 17.5 Å². The number of para-hydroxylation sites is 1. The van der Waals surface area contributed by atoms with Crippen LogP contribution in [-0.2, 0) is 20.4 Å². The molecule has 0 unspecified atom stereocenters. The summed E-state index contributed by atoms with van der Waals surface area (Å²) in [7, 11) is -7.74. The molecule has 0 fully saturated rings. The van der Waals surface area contributed by atoms with Crippen molar-refractivity contribution < 1.29 is 31.4 Å². The molecule has 9 nitrogen and oxygen atoms in total. The van der Waals surface area contributed by atoms with Gasteiger partial charge in [0.25, 0.3) is 0 Å². The summed E-state index contributed by atoms with van der Waals surface area (Å²) in [6, 6.07) is 9.64. The molecular weight excluding hydrogens is 312 g/mol. The van der Waals surface area contributed by atoms with Crippen molar-refractivity contribution >= 4 is 26.1 Å². The lowest BCUT2D eigenvalue weighted by molar-refractivity contribution is 0.381. The van der Waals surface area contributed by atoms with Crippen molar-refractivity contribution in [3.63, 3.8) is 0 Å². The second-order valence-electron chi connectivity index (χ2n) is 3.41. The van der Waals surface area contributed by atoms with Crippen LogP contribution in [-0.4, -0.2) is 50.8 Å². The molecule has 118 valence electrons. The molecule has 0 saturated carbocycles. The second-order valence-corrected chi connectivity index (χ2v) is 6.14. The molecule has 0 bridgehead atoms. The zero-order valence-electron chi connectivity index (χ0n) is 10.6. The van der Waals surface area contributed by atoms with Crippen molar-refractivity contribution in [2.75, 3.05) is 24.7 Å². The summed E-state index contributed by atoms with van der Waals surface area (Å²) in [5.41, 5.74) is 0.989. The molecule has 1 aromatic rings. The van der Waals surface area contributed by atoms with E-state index < -0.39 is 20.4 Å². The van der Waals surface area contributed by atoms with Crippen LogP contribution >= 0.6 is 0 Å². The normalized spacial score (nSPS) is 10.8. The van der Waals surface area contributed by atoms with E-state index >= 15 is 0 Å². The van der Waals surface area contributed by atoms with Crippen LogP contribution in [0.25, 0.3) is 0 Å². The molecule has 0 aliphatic heterocycles. The van der Waals surface area contributed by atoms with E-state index in [9.17, 15) is 8.42 Å². The minimum absolute atomic E-state index is 0. The van der Waals surface area contributed by atoms with E-state index in [0.717, 1.165) is 11.9 Å². The Hall–Kier alpha value is -1.24. The van der Waals surface area contributed by atoms with Gasteiger partial charge in [0.05, 0.1) is 6.26 Å². The molecule has 6 N–H and O–H groups in total. The highest BCUT2D eigenvalue weighted by Crippen LogP contribution is 2.03. The molecular formula is C9H18N2O7S2. The van der Waals surface area contributed by atoms with Gasteiger partial charge in [-0.25, -0.2) is 13.1 Å². The fourth-order valence-electron chi connectivity index (χ4n) is 0.999. The highest BCUT2D eigenvalue weighted by Gasteiger charge is 1.97. The molecule has 0 atom stereocenters. The summed E-state index contributed by atoms with van der Waals surface area (Å²) < 4.78 is 55.4. The number of hydrogen-bond acceptors (Lipinski definition) is 5. The van der Waals surface area contributed by atoms with Gasteiger partial charge in [-0.05, 0) is 12.1 Å². The van der Waals surface area contributed by atoms with Gasteiger partial charge in [0.1, 0.15) is 0 Å². The van der Waals surface area contributed by atoms with E-state index in [2.05, 4.69) is 10.0 Å². The Labute approximate surface area is 118 Å². The lowest BCUT2D eigenvalue weighted by atomic mass is 10.3. The van der Waals surface area contributed by atoms with Crippen molar-refractivity contribution in [1.82, 2.24) is 4.72 Å². The van der Waals surface area contributed by atoms with Crippen molar-refractivity contribution in [2.24, 2.45) is 0 Å². The van der Waals surface area contributed by atoms with Gasteiger partial charge in [-0.3, -0.25) is 9.11 Å². The first-order valence-electron chi connectivity index (χ1n) is 5.01. The monoisotopic (exact) mass is 330 g/mol. The first-order chi connectivity index (χ1) is 8.58. The second kappa shape index (κ2) is 9.63. The van der Waals surface area contributed by atoms with Gasteiger partial charge in [0, 0.05) is 18.8 Å². The Morgan fingerprint density at radius 3 is 1.85 bits per heavy atom. The lowest BCUT2D eigenvalue weighted by Gasteiger charge is -2.05. The number of benzene rings is 1. The van der Waals surface area contributed by atoms with E-state index in [1.807, 2.05) is 30.3 Å². The summed E-state index contributed by atoms with van der Waals surface area (Å²) in [6.07, 6.45) is 1.15. The SMILES string of the molecule is CS(=O)(=O)NCCNc1ccccc1.O.O=S(=O)(O)O. The van der Waals surface area contributed by atoms with Crippen LogP contribution in [0.1, 0.15) is 0 Å². The van der Waals surface area contributed by atoms with Crippen LogP contribution in [0.5, 0.6) is 0 Å². The zero-order chi connectivity index (χ0) is 14.9. The average Bonchev–Trinajstić information content (AvgIpc) is 2.22. The Morgan fingerprint density at radius 1 is 1.00 bits per heavy atom. The summed E-state index contributed by atoms with van der Waals surface area (Å²) in [5, 5.41) is 3.09. The van der Waals surface area contributed by atoms with E-state index in [-0.39, 0.29) is 5.48 Å². The third-order valence-electron chi connectivity index (χ3n) is 1.59. The van der Waals surface area contributed by atoms with Crippen LogP contribution in [0.2, 0.25) is 0 Å². The lowest BCUT2D eigenvalue weighted by Crippen LogP contribution is -2.27. The van der Waals surface area contributed by atoms with Gasteiger partial charge >= 0.3 is 10.4 Å². The van der Waals surface area contributed by atoms with Crippen molar-refractivity contribution in [1.29, 1.82) is 0 Å². The van der Waals surface area contributed by atoms with Crippen LogP contribution < -0.4 is 10.0 Å². The Kier molecular flexibility index (Phi) is 10.1. The molecule has 1 aromatic carbocycles. The summed E-state index contributed by atoms with van der Waals surface area (Å²) in [4.78, 5) is 0. The van der Waals surface area contributed by atoms with Crippen molar-refractivity contribution in [3.05, 3.63) is 30.3 Å². The Bertz CT molecular complexity index is 549. The first kappa shape index (κ1) is 21.1. The van der Waals surface area contributed by atoms with E-state index in [1.165, 1.54) is 0 Å². The molecule has 0 heterocycles. The summed E-state index contributed by atoms with van der Waals surface area (Å²) in [6.45, 7) is 0.977. The molecule has 0 radical (unpaired) electrons. The van der Waals surface area contributed by atoms with Gasteiger partial charge in [-0.2, -0.15) is 8.42 Å². The number of rotatable bonds is 5. The molecule has 11 heteroatoms. The predicted octanol–water partition coefficient (Wildman–Crippen LogP) is -0.830. The number of hydrogen-bond donors (Lipinski definition) is 4. The minimum atomic E-state index is -4.67. The molecule has 0 saturated heterocycles. The van der Waals surface area contributed by atoms with Crippen LogP contribution in [0, 0.1) is 0 Å². The summed E-state index contributed by atoms with van der Waals surface area (Å²) in [5.74, 6) is 0. The minimum Gasteiger partial charge on any atom is -0.412 e. The fraction of sp³-hybridized carbons (Fsp3) is 0.333. The molecule has 0 aliphatic rings. The van der Waals surface area contributed by atoms with Crippen LogP contribution in [0.3, 0.4) is 0 Å². The average molecular weight is 330 g/mol. The highest BCUT2D eigenvalue weighted by atomic mass is 32.3. The quantitative estimate of drug-likeness (QED) is 0.404. The standard InChI is InChI=1S/C9H14N2O2S.H2O4S.H2O/c1-14(12,13)11-8-7-10-9-5-3-2-4-6-9;1-5(2,3)4;/h2-6,10-11H,7-8H2,1H3;(H2,1,2,3,4);1H2. The van der Waals surface area contributed by atoms with Gasteiger partial charge in [-0.1, -0.05) is 18.2 Å². The maximum atomic E-state index is 10.7. The largest absolute Gasteiger partial charge is 0.412 e. The summed E-state index contributed by atoms with van der Waals surface area (Å²) >= 11 is 0. The number of nitrogens with one attached hydrogen (secondary N) is 2. The van der Waals surface area contributed by atoms with Crippen molar-refractivity contribution in [3.8, 4) is 0 Å². The molecule has 0 amide bonds. The topological polar surface area (TPSA) is 164 Å². The molecule has 1 rings (SSSR count). The van der Waals surface area contributed by atoms with Gasteiger partial charge < -0.3 is 10.8 Å². The van der Waals surface area contributed by atoms with Gasteiger partial charge in [0.2, 0.25) is 10.0 Å². The van der Waals surface area contributed by atoms with E-state index in [1.54, 1.807) is 0 Å². The smallest absolute Gasteiger partial charge is 0.394 e. The predicted molar refractivity (Wildman–Crippen MR) is 75.6 cm³/mol. The maximum absolute atomic E-state index is 10.7. The Morgan fingerprint density at radius 2 is 1.45 bits per heavy atom. The van der Waals surface area contributed by atoms with Crippen LogP contribution in [0.4, 0.5) is 5.69 Å². The molecule has 20 heavy (non-hydrogen) atoms. The highest BCUT2D eigenvalue weighted by molar-refractivity contribution is 7.88. The van der Waals surface area contributed by atoms with Crippen molar-refractivity contribution in [2.45, 2.75) is 0 Å². The zero-order valence-corrected chi connectivity index (χ0v) is 12.3. The van der Waals surface area contributed by atoms with Gasteiger partial charge in [-0.15, -0.1) is 0 Å². The molecule has 0 aromatic heterocycles. The van der Waals surface area contributed by atoms with Gasteiger partial charge in [0.15, 0.2) is 0 Å². The number of sulfonamides is 1. The third-order valence-corrected chi connectivity index (χ3v) is 2.32.